The Balaban J connectivity index is 2.24. The van der Waals surface area contributed by atoms with Gasteiger partial charge >= 0.3 is 5.97 Å². The van der Waals surface area contributed by atoms with Gasteiger partial charge in [-0.1, -0.05) is 24.3 Å². The van der Waals surface area contributed by atoms with Crippen LogP contribution in [-0.2, 0) is 16.6 Å². The predicted octanol–water partition coefficient (Wildman–Crippen LogP) is 1.00. The van der Waals surface area contributed by atoms with Gasteiger partial charge in [-0.2, -0.15) is 4.31 Å². The van der Waals surface area contributed by atoms with Gasteiger partial charge in [0.05, 0.1) is 11.5 Å². The molecule has 0 aliphatic carbocycles. The number of likely N-dealkylation sites (N-methyl/N-ethyl adjacent to an activating group) is 1. The molecular formula is C16H19N3O5S. The van der Waals surface area contributed by atoms with Gasteiger partial charge in [0.15, 0.2) is 5.69 Å². The molecule has 9 heteroatoms. The molecule has 0 radical (unpaired) electrons. The molecule has 0 spiro atoms. The summed E-state index contributed by atoms with van der Waals surface area (Å²) in [5, 5.41) is 20.9. The van der Waals surface area contributed by atoms with Crippen molar-refractivity contribution in [3.05, 3.63) is 53.7 Å². The van der Waals surface area contributed by atoms with Crippen LogP contribution < -0.4 is 5.32 Å². The van der Waals surface area contributed by atoms with Gasteiger partial charge in [-0.15, -0.1) is 0 Å². The molecule has 0 bridgehead atoms. The highest BCUT2D eigenvalue weighted by Gasteiger charge is 2.23. The highest BCUT2D eigenvalue weighted by atomic mass is 32.2. The summed E-state index contributed by atoms with van der Waals surface area (Å²) in [5.74, 6) is -0.812. The number of anilines is 1. The van der Waals surface area contributed by atoms with Gasteiger partial charge in [0.2, 0.25) is 10.0 Å². The van der Waals surface area contributed by atoms with Gasteiger partial charge in [-0.25, -0.2) is 18.2 Å². The van der Waals surface area contributed by atoms with Crippen LogP contribution in [0.4, 0.5) is 5.82 Å². The third-order valence-electron chi connectivity index (χ3n) is 3.50. The summed E-state index contributed by atoms with van der Waals surface area (Å²) in [7, 11) is -2.34. The number of aliphatic hydroxyl groups excluding tert-OH is 1. The average molecular weight is 365 g/mol. The number of nitrogens with zero attached hydrogens (tertiary/aromatic N) is 2. The second-order valence-corrected chi connectivity index (χ2v) is 7.24. The van der Waals surface area contributed by atoms with E-state index in [9.17, 15) is 13.2 Å². The second-order valence-electron chi connectivity index (χ2n) is 5.22. The van der Waals surface area contributed by atoms with Crippen LogP contribution in [0.5, 0.6) is 0 Å². The van der Waals surface area contributed by atoms with E-state index in [1.165, 1.54) is 19.2 Å². The van der Waals surface area contributed by atoms with E-state index >= 15 is 0 Å². The monoisotopic (exact) mass is 365 g/mol. The second kappa shape index (κ2) is 8.06. The van der Waals surface area contributed by atoms with Gasteiger partial charge in [-0.3, -0.25) is 0 Å². The van der Waals surface area contributed by atoms with E-state index in [4.69, 9.17) is 10.2 Å². The Labute approximate surface area is 145 Å². The zero-order chi connectivity index (χ0) is 18.4. The maximum Gasteiger partial charge on any atom is 0.354 e. The minimum atomic E-state index is -3.74. The van der Waals surface area contributed by atoms with Crippen molar-refractivity contribution in [1.82, 2.24) is 9.29 Å². The van der Waals surface area contributed by atoms with E-state index in [2.05, 4.69) is 10.3 Å². The third-order valence-corrected chi connectivity index (χ3v) is 5.46. The first-order valence-electron chi connectivity index (χ1n) is 7.45. The minimum absolute atomic E-state index is 0.00763. The fourth-order valence-electron chi connectivity index (χ4n) is 2.17. The number of carboxylic acid groups (broad SMARTS) is 1. The van der Waals surface area contributed by atoms with Crippen LogP contribution in [0.15, 0.2) is 47.4 Å². The average Bonchev–Trinajstić information content (AvgIpc) is 2.60. The lowest BCUT2D eigenvalue weighted by Gasteiger charge is -2.18. The molecule has 0 saturated carbocycles. The van der Waals surface area contributed by atoms with Crippen molar-refractivity contribution in [2.24, 2.45) is 0 Å². The molecule has 3 N–H and O–H groups in total. The quantitative estimate of drug-likeness (QED) is 0.638. The lowest BCUT2D eigenvalue weighted by atomic mass is 10.2. The number of aromatic nitrogens is 1. The zero-order valence-corrected chi connectivity index (χ0v) is 14.4. The molecule has 0 fully saturated rings. The summed E-state index contributed by atoms with van der Waals surface area (Å²) >= 11 is 0. The van der Waals surface area contributed by atoms with Crippen LogP contribution >= 0.6 is 0 Å². The molecule has 0 atom stereocenters. The summed E-state index contributed by atoms with van der Waals surface area (Å²) in [6.07, 6.45) is 0. The predicted molar refractivity (Wildman–Crippen MR) is 91.9 cm³/mol. The SMILES string of the molecule is CN(CCO)S(=O)(=O)c1ccccc1CNc1cccc(C(=O)O)n1. The summed E-state index contributed by atoms with van der Waals surface area (Å²) < 4.78 is 26.3. The van der Waals surface area contributed by atoms with Crippen molar-refractivity contribution >= 4 is 21.8 Å². The van der Waals surface area contributed by atoms with Crippen LogP contribution in [0, 0.1) is 0 Å². The van der Waals surface area contributed by atoms with E-state index in [1.54, 1.807) is 30.3 Å². The van der Waals surface area contributed by atoms with Gasteiger partial charge in [-0.05, 0) is 23.8 Å². The van der Waals surface area contributed by atoms with Gasteiger partial charge < -0.3 is 15.5 Å². The smallest absolute Gasteiger partial charge is 0.354 e. The topological polar surface area (TPSA) is 120 Å². The van der Waals surface area contributed by atoms with Gasteiger partial charge in [0.1, 0.15) is 5.82 Å². The fraction of sp³-hybridized carbons (Fsp3) is 0.250. The normalized spacial score (nSPS) is 11.5. The summed E-state index contributed by atoms with van der Waals surface area (Å²) in [5.41, 5.74) is 0.406. The number of benzene rings is 1. The Morgan fingerprint density at radius 1 is 1.20 bits per heavy atom. The molecule has 1 aromatic carbocycles. The first-order valence-corrected chi connectivity index (χ1v) is 8.89. The molecule has 0 unspecified atom stereocenters. The molecule has 0 aliphatic rings. The highest BCUT2D eigenvalue weighted by molar-refractivity contribution is 7.89. The molecule has 25 heavy (non-hydrogen) atoms. The number of aromatic carboxylic acids is 1. The van der Waals surface area contributed by atoms with Crippen molar-refractivity contribution in [2.45, 2.75) is 11.4 Å². The van der Waals surface area contributed by atoms with E-state index in [0.717, 1.165) is 4.31 Å². The number of hydrogen-bond acceptors (Lipinski definition) is 6. The molecule has 2 aromatic rings. The molecular weight excluding hydrogens is 346 g/mol. The number of rotatable bonds is 8. The molecule has 1 aromatic heterocycles. The molecule has 0 amide bonds. The van der Waals surface area contributed by atoms with Crippen LogP contribution in [0.1, 0.15) is 16.1 Å². The number of carboxylic acids is 1. The van der Waals surface area contributed by atoms with Gasteiger partial charge in [0.25, 0.3) is 0 Å². The van der Waals surface area contributed by atoms with Crippen LogP contribution in [-0.4, -0.2) is 54.1 Å². The van der Waals surface area contributed by atoms with Gasteiger partial charge in [0, 0.05) is 20.1 Å². The lowest BCUT2D eigenvalue weighted by Crippen LogP contribution is -2.30. The number of pyridine rings is 1. The summed E-state index contributed by atoms with van der Waals surface area (Å²) in [6.45, 7) is -0.132. The van der Waals surface area contributed by atoms with Crippen molar-refractivity contribution in [3.63, 3.8) is 0 Å². The third kappa shape index (κ3) is 4.53. The zero-order valence-electron chi connectivity index (χ0n) is 13.6. The molecule has 1 heterocycles. The first kappa shape index (κ1) is 18.8. The van der Waals surface area contributed by atoms with Crippen molar-refractivity contribution in [3.8, 4) is 0 Å². The molecule has 8 nitrogen and oxygen atoms in total. The minimum Gasteiger partial charge on any atom is -0.477 e. The lowest BCUT2D eigenvalue weighted by molar-refractivity contribution is 0.0690. The van der Waals surface area contributed by atoms with Crippen molar-refractivity contribution in [2.75, 3.05) is 25.5 Å². The molecule has 134 valence electrons. The van der Waals surface area contributed by atoms with E-state index in [-0.39, 0.29) is 30.3 Å². The standard InChI is InChI=1S/C16H19N3O5S/c1-19(9-10-20)25(23,24)14-7-3-2-5-12(14)11-17-15-8-4-6-13(18-15)16(21)22/h2-8,20H,9-11H2,1H3,(H,17,18)(H,21,22). The Hall–Kier alpha value is -2.49. The maximum absolute atomic E-state index is 12.6. The summed E-state index contributed by atoms with van der Waals surface area (Å²) in [6, 6.07) is 11.0. The first-order chi connectivity index (χ1) is 11.9. The van der Waals surface area contributed by atoms with Crippen molar-refractivity contribution in [1.29, 1.82) is 0 Å². The Morgan fingerprint density at radius 3 is 2.60 bits per heavy atom. The van der Waals surface area contributed by atoms with E-state index in [1.807, 2.05) is 0 Å². The maximum atomic E-state index is 12.6. The Kier molecular flexibility index (Phi) is 6.07. The molecule has 2 rings (SSSR count). The Bertz CT molecular complexity index is 854. The van der Waals surface area contributed by atoms with E-state index < -0.39 is 16.0 Å². The molecule has 0 aliphatic heterocycles. The highest BCUT2D eigenvalue weighted by Crippen LogP contribution is 2.20. The van der Waals surface area contributed by atoms with E-state index in [0.29, 0.717) is 11.4 Å². The largest absolute Gasteiger partial charge is 0.477 e. The van der Waals surface area contributed by atoms with Crippen LogP contribution in [0.2, 0.25) is 0 Å². The van der Waals surface area contributed by atoms with Crippen LogP contribution in [0.25, 0.3) is 0 Å². The van der Waals surface area contributed by atoms with Crippen molar-refractivity contribution < 1.29 is 23.4 Å². The summed E-state index contributed by atoms with van der Waals surface area (Å²) in [4.78, 5) is 15.0. The number of sulfonamides is 1. The van der Waals surface area contributed by atoms with Crippen LogP contribution in [0.3, 0.4) is 0 Å². The number of aliphatic hydroxyl groups is 1. The number of hydrogen-bond donors (Lipinski definition) is 3. The Morgan fingerprint density at radius 2 is 1.92 bits per heavy atom. The number of nitrogens with one attached hydrogen (secondary N) is 1. The fourth-order valence-corrected chi connectivity index (χ4v) is 3.55. The number of carbonyl (C=O) groups is 1. The molecule has 0 saturated heterocycles.